The number of aromatic nitrogens is 5. The average molecular weight is 374 g/mol. The fourth-order valence-corrected chi connectivity index (χ4v) is 3.73. The van der Waals surface area contributed by atoms with Crippen LogP contribution in [0.15, 0.2) is 60.1 Å². The summed E-state index contributed by atoms with van der Waals surface area (Å²) in [5.41, 5.74) is 3.56. The molecule has 5 rings (SSSR count). The third-order valence-electron chi connectivity index (χ3n) is 4.15. The second-order valence-electron chi connectivity index (χ2n) is 5.82. The molecule has 0 aliphatic rings. The molecule has 5 aromatic rings. The minimum atomic E-state index is 0.475. The molecule has 0 aliphatic heterocycles. The summed E-state index contributed by atoms with van der Waals surface area (Å²) in [4.78, 5) is 14.3. The van der Waals surface area contributed by atoms with Gasteiger partial charge >= 0.3 is 0 Å². The van der Waals surface area contributed by atoms with Crippen molar-refractivity contribution in [2.24, 2.45) is 0 Å². The number of thiazole rings is 1. The molecule has 0 saturated heterocycles. The molecule has 0 aliphatic carbocycles. The number of nitrogens with one attached hydrogen (secondary N) is 1. The maximum atomic E-state index is 5.47. The van der Waals surface area contributed by atoms with Crippen molar-refractivity contribution in [2.75, 3.05) is 12.4 Å². The third kappa shape index (κ3) is 2.76. The molecule has 0 radical (unpaired) electrons. The van der Waals surface area contributed by atoms with E-state index in [4.69, 9.17) is 4.74 Å². The molecule has 0 unspecified atom stereocenters. The molecule has 0 spiro atoms. The summed E-state index contributed by atoms with van der Waals surface area (Å²) in [6, 6.07) is 15.6. The van der Waals surface area contributed by atoms with Crippen LogP contribution in [-0.2, 0) is 0 Å². The van der Waals surface area contributed by atoms with Gasteiger partial charge in [-0.25, -0.2) is 9.50 Å². The predicted molar refractivity (Wildman–Crippen MR) is 106 cm³/mol. The lowest BCUT2D eigenvalue weighted by atomic mass is 10.1. The second-order valence-corrected chi connectivity index (χ2v) is 6.66. The van der Waals surface area contributed by atoms with E-state index in [1.165, 1.54) is 11.3 Å². The maximum absolute atomic E-state index is 5.47. The van der Waals surface area contributed by atoms with E-state index in [9.17, 15) is 0 Å². The number of fused-ring (bicyclic) bond motifs is 2. The minimum absolute atomic E-state index is 0.475. The van der Waals surface area contributed by atoms with Crippen molar-refractivity contribution in [2.45, 2.75) is 0 Å². The molecular formula is C19H14N6OS. The van der Waals surface area contributed by atoms with Crippen LogP contribution >= 0.6 is 11.3 Å². The number of ether oxygens (including phenoxy) is 1. The van der Waals surface area contributed by atoms with Gasteiger partial charge in [-0.1, -0.05) is 24.3 Å². The van der Waals surface area contributed by atoms with Gasteiger partial charge in [0.1, 0.15) is 5.75 Å². The molecule has 0 saturated carbocycles. The highest BCUT2D eigenvalue weighted by molar-refractivity contribution is 7.15. The Bertz CT molecular complexity index is 1260. The van der Waals surface area contributed by atoms with Crippen molar-refractivity contribution in [3.8, 4) is 17.0 Å². The summed E-state index contributed by atoms with van der Waals surface area (Å²) in [7, 11) is 1.66. The van der Waals surface area contributed by atoms with E-state index in [2.05, 4.69) is 25.4 Å². The first-order valence-electron chi connectivity index (χ1n) is 8.28. The van der Waals surface area contributed by atoms with E-state index < -0.39 is 0 Å². The molecule has 0 amide bonds. The molecule has 7 nitrogen and oxygen atoms in total. The highest BCUT2D eigenvalue weighted by atomic mass is 32.1. The van der Waals surface area contributed by atoms with Crippen molar-refractivity contribution in [3.63, 3.8) is 0 Å². The van der Waals surface area contributed by atoms with E-state index in [0.29, 0.717) is 11.8 Å². The van der Waals surface area contributed by atoms with Crippen LogP contribution < -0.4 is 10.1 Å². The fourth-order valence-electron chi connectivity index (χ4n) is 2.91. The Labute approximate surface area is 158 Å². The van der Waals surface area contributed by atoms with E-state index in [1.54, 1.807) is 17.8 Å². The van der Waals surface area contributed by atoms with Gasteiger partial charge in [0.15, 0.2) is 5.82 Å². The van der Waals surface area contributed by atoms with Gasteiger partial charge in [0, 0.05) is 10.9 Å². The first-order valence-corrected chi connectivity index (χ1v) is 9.16. The van der Waals surface area contributed by atoms with Gasteiger partial charge in [0.2, 0.25) is 10.9 Å². The Morgan fingerprint density at radius 2 is 1.81 bits per heavy atom. The normalized spacial score (nSPS) is 11.1. The number of methoxy groups -OCH3 is 1. The van der Waals surface area contributed by atoms with E-state index in [1.807, 2.05) is 53.9 Å². The number of nitrogens with zero attached hydrogens (tertiary/aromatic N) is 5. The smallest absolute Gasteiger partial charge is 0.249 e. The molecule has 27 heavy (non-hydrogen) atoms. The molecule has 3 aromatic heterocycles. The summed E-state index contributed by atoms with van der Waals surface area (Å²) in [5, 5.41) is 9.74. The first-order chi connectivity index (χ1) is 13.3. The van der Waals surface area contributed by atoms with Crippen molar-refractivity contribution in [1.29, 1.82) is 0 Å². The van der Waals surface area contributed by atoms with Gasteiger partial charge < -0.3 is 10.1 Å². The lowest BCUT2D eigenvalue weighted by Gasteiger charge is -2.06. The van der Waals surface area contributed by atoms with Crippen LogP contribution in [0.4, 0.5) is 11.8 Å². The van der Waals surface area contributed by atoms with E-state index in [-0.39, 0.29) is 0 Å². The van der Waals surface area contributed by atoms with Gasteiger partial charge in [0.25, 0.3) is 0 Å². The standard InChI is InChI=1S/C19H14N6OS/c1-26-16-9-5-2-6-12(16)15-11-27-19-23-18(24-25(15)19)22-17-10-20-13-7-3-4-8-14(13)21-17/h2-11H,1H3,(H,21,22,24). The maximum Gasteiger partial charge on any atom is 0.249 e. The highest BCUT2D eigenvalue weighted by Crippen LogP contribution is 2.32. The topological polar surface area (TPSA) is 77.2 Å². The third-order valence-corrected chi connectivity index (χ3v) is 4.97. The Balaban J connectivity index is 1.52. The van der Waals surface area contributed by atoms with Crippen molar-refractivity contribution in [1.82, 2.24) is 24.6 Å². The van der Waals surface area contributed by atoms with Gasteiger partial charge in [0.05, 0.1) is 30.0 Å². The van der Waals surface area contributed by atoms with Gasteiger partial charge in [-0.3, -0.25) is 4.98 Å². The Kier molecular flexibility index (Phi) is 3.68. The molecule has 0 bridgehead atoms. The van der Waals surface area contributed by atoms with Crippen molar-refractivity contribution in [3.05, 3.63) is 60.1 Å². The molecule has 132 valence electrons. The van der Waals surface area contributed by atoms with E-state index in [0.717, 1.165) is 33.0 Å². The zero-order valence-electron chi connectivity index (χ0n) is 14.3. The van der Waals surface area contributed by atoms with Crippen LogP contribution in [0.1, 0.15) is 0 Å². The Hall–Kier alpha value is -3.52. The predicted octanol–water partition coefficient (Wildman–Crippen LogP) is 4.15. The Morgan fingerprint density at radius 1 is 1.00 bits per heavy atom. The van der Waals surface area contributed by atoms with Crippen LogP contribution in [0.2, 0.25) is 0 Å². The zero-order valence-corrected chi connectivity index (χ0v) is 15.1. The number of rotatable bonds is 4. The molecule has 2 aromatic carbocycles. The highest BCUT2D eigenvalue weighted by Gasteiger charge is 2.15. The monoisotopic (exact) mass is 374 g/mol. The quantitative estimate of drug-likeness (QED) is 0.509. The molecule has 8 heteroatoms. The zero-order chi connectivity index (χ0) is 18.2. The van der Waals surface area contributed by atoms with Crippen LogP contribution in [0, 0.1) is 0 Å². The van der Waals surface area contributed by atoms with Gasteiger partial charge in [-0.2, -0.15) is 4.98 Å². The van der Waals surface area contributed by atoms with Crippen molar-refractivity contribution >= 4 is 39.1 Å². The van der Waals surface area contributed by atoms with Crippen LogP contribution in [0.25, 0.3) is 27.3 Å². The second kappa shape index (κ2) is 6.33. The fraction of sp³-hybridized carbons (Fsp3) is 0.0526. The van der Waals surface area contributed by atoms with Crippen LogP contribution in [0.5, 0.6) is 5.75 Å². The first kappa shape index (κ1) is 15.7. The summed E-state index contributed by atoms with van der Waals surface area (Å²) in [6.45, 7) is 0. The molecule has 0 fully saturated rings. The Morgan fingerprint density at radius 3 is 2.70 bits per heavy atom. The summed E-state index contributed by atoms with van der Waals surface area (Å²) in [6.07, 6.45) is 1.68. The average Bonchev–Trinajstić information content (AvgIpc) is 3.28. The number of benzene rings is 2. The number of anilines is 2. The largest absolute Gasteiger partial charge is 0.496 e. The van der Waals surface area contributed by atoms with Gasteiger partial charge in [-0.15, -0.1) is 16.4 Å². The lowest BCUT2D eigenvalue weighted by Crippen LogP contribution is -1.98. The van der Waals surface area contributed by atoms with E-state index >= 15 is 0 Å². The minimum Gasteiger partial charge on any atom is -0.496 e. The van der Waals surface area contributed by atoms with Gasteiger partial charge in [-0.05, 0) is 24.3 Å². The van der Waals surface area contributed by atoms with Crippen molar-refractivity contribution < 1.29 is 4.74 Å². The molecular weight excluding hydrogens is 360 g/mol. The SMILES string of the molecule is COc1ccccc1-c1csc2nc(Nc3cnc4ccccc4n3)nn12. The number of hydrogen-bond donors (Lipinski definition) is 1. The van der Waals surface area contributed by atoms with Crippen LogP contribution in [-0.4, -0.2) is 31.7 Å². The molecule has 3 heterocycles. The number of hydrogen-bond acceptors (Lipinski definition) is 7. The molecule has 1 N–H and O–H groups in total. The summed E-state index contributed by atoms with van der Waals surface area (Å²) < 4.78 is 7.28. The summed E-state index contributed by atoms with van der Waals surface area (Å²) >= 11 is 1.52. The number of para-hydroxylation sites is 3. The van der Waals surface area contributed by atoms with Crippen LogP contribution in [0.3, 0.4) is 0 Å². The molecule has 0 atom stereocenters. The summed E-state index contributed by atoms with van der Waals surface area (Å²) in [5.74, 6) is 1.87. The lowest BCUT2D eigenvalue weighted by molar-refractivity contribution is 0.416.